The number of methoxy groups -OCH3 is 1. The number of ether oxygens (including phenoxy) is 3. The zero-order valence-corrected chi connectivity index (χ0v) is 18.3. The van der Waals surface area contributed by atoms with Gasteiger partial charge in [-0.15, -0.1) is 0 Å². The first kappa shape index (κ1) is 20.7. The Bertz CT molecular complexity index is 1140. The van der Waals surface area contributed by atoms with Crippen molar-refractivity contribution in [1.29, 1.82) is 0 Å². The maximum Gasteiger partial charge on any atom is 0.231 e. The molecule has 31 heavy (non-hydrogen) atoms. The largest absolute Gasteiger partial charge is 0.496 e. The number of carbonyl (C=O) groups is 1. The van der Waals surface area contributed by atoms with Gasteiger partial charge in [-0.05, 0) is 48.2 Å². The summed E-state index contributed by atoms with van der Waals surface area (Å²) in [6.07, 6.45) is 1.79. The minimum Gasteiger partial charge on any atom is -0.496 e. The highest BCUT2D eigenvalue weighted by Crippen LogP contribution is 2.39. The third-order valence-corrected chi connectivity index (χ3v) is 5.51. The van der Waals surface area contributed by atoms with Crippen LogP contribution in [0.15, 0.2) is 66.4 Å². The van der Waals surface area contributed by atoms with Gasteiger partial charge in [-0.2, -0.15) is 0 Å². The Morgan fingerprint density at radius 3 is 2.42 bits per heavy atom. The summed E-state index contributed by atoms with van der Waals surface area (Å²) in [5, 5.41) is 0. The third-order valence-electron chi connectivity index (χ3n) is 5.51. The fourth-order valence-electron chi connectivity index (χ4n) is 3.63. The summed E-state index contributed by atoms with van der Waals surface area (Å²) in [5.41, 5.74) is 4.52. The maximum absolute atomic E-state index is 12.9. The first-order valence-corrected chi connectivity index (χ1v) is 10.4. The number of fused-ring (bicyclic) bond motifs is 1. The molecule has 0 amide bonds. The van der Waals surface area contributed by atoms with Crippen molar-refractivity contribution in [2.75, 3.05) is 7.11 Å². The smallest absolute Gasteiger partial charge is 0.231 e. The molecule has 3 aromatic carbocycles. The second-order valence-corrected chi connectivity index (χ2v) is 7.93. The highest BCUT2D eigenvalue weighted by molar-refractivity contribution is 6.14. The van der Waals surface area contributed by atoms with Crippen molar-refractivity contribution < 1.29 is 19.0 Å². The van der Waals surface area contributed by atoms with Gasteiger partial charge in [0.1, 0.15) is 23.9 Å². The molecule has 0 saturated heterocycles. The molecule has 0 bridgehead atoms. The quantitative estimate of drug-likeness (QED) is 0.443. The molecule has 0 spiro atoms. The van der Waals surface area contributed by atoms with Crippen LogP contribution in [0.25, 0.3) is 6.08 Å². The fourth-order valence-corrected chi connectivity index (χ4v) is 3.63. The van der Waals surface area contributed by atoms with E-state index in [1.54, 1.807) is 19.3 Å². The normalized spacial score (nSPS) is 14.0. The molecule has 0 atom stereocenters. The molecule has 0 unspecified atom stereocenters. The number of benzene rings is 3. The molecule has 1 aliphatic heterocycles. The zero-order valence-electron chi connectivity index (χ0n) is 18.3. The lowest BCUT2D eigenvalue weighted by atomic mass is 10.0. The molecule has 1 heterocycles. The minimum absolute atomic E-state index is 0.109. The van der Waals surface area contributed by atoms with Crippen LogP contribution < -0.4 is 14.2 Å². The summed E-state index contributed by atoms with van der Waals surface area (Å²) in [5.74, 6) is 2.71. The Morgan fingerprint density at radius 1 is 0.968 bits per heavy atom. The predicted molar refractivity (Wildman–Crippen MR) is 122 cm³/mol. The van der Waals surface area contributed by atoms with Gasteiger partial charge in [0.2, 0.25) is 5.78 Å². The zero-order chi connectivity index (χ0) is 22.0. The van der Waals surface area contributed by atoms with Gasteiger partial charge >= 0.3 is 0 Å². The van der Waals surface area contributed by atoms with Crippen molar-refractivity contribution in [3.8, 4) is 17.2 Å². The van der Waals surface area contributed by atoms with Crippen molar-refractivity contribution in [1.82, 2.24) is 0 Å². The Labute approximate surface area is 183 Å². The highest BCUT2D eigenvalue weighted by atomic mass is 16.5. The highest BCUT2D eigenvalue weighted by Gasteiger charge is 2.30. The monoisotopic (exact) mass is 414 g/mol. The lowest BCUT2D eigenvalue weighted by molar-refractivity contribution is 0.101. The Balaban J connectivity index is 1.55. The van der Waals surface area contributed by atoms with Gasteiger partial charge in [-0.3, -0.25) is 4.79 Å². The SMILES string of the molecule is COc1ccccc1COc1ccc2c(c1C)O/C(=C\c1ccc(C(C)C)cc1)C2=O. The average molecular weight is 415 g/mol. The first-order chi connectivity index (χ1) is 15.0. The maximum atomic E-state index is 12.9. The number of ketones is 1. The molecule has 0 N–H and O–H groups in total. The van der Waals surface area contributed by atoms with Crippen LogP contribution in [0.2, 0.25) is 0 Å². The summed E-state index contributed by atoms with van der Waals surface area (Å²) >= 11 is 0. The first-order valence-electron chi connectivity index (χ1n) is 10.4. The molecule has 0 radical (unpaired) electrons. The van der Waals surface area contributed by atoms with Gasteiger partial charge in [0.25, 0.3) is 0 Å². The lowest BCUT2D eigenvalue weighted by Crippen LogP contribution is -2.00. The van der Waals surface area contributed by atoms with E-state index in [2.05, 4.69) is 26.0 Å². The van der Waals surface area contributed by atoms with E-state index in [0.29, 0.717) is 35.3 Å². The topological polar surface area (TPSA) is 44.8 Å². The van der Waals surface area contributed by atoms with E-state index in [1.165, 1.54) is 5.56 Å². The van der Waals surface area contributed by atoms with Crippen LogP contribution in [0.3, 0.4) is 0 Å². The number of hydrogen-bond acceptors (Lipinski definition) is 4. The van der Waals surface area contributed by atoms with Gasteiger partial charge in [0.15, 0.2) is 5.76 Å². The summed E-state index contributed by atoms with van der Waals surface area (Å²) in [7, 11) is 1.64. The molecule has 4 nitrogen and oxygen atoms in total. The molecular formula is C27H26O4. The molecule has 0 fully saturated rings. The van der Waals surface area contributed by atoms with E-state index in [9.17, 15) is 4.79 Å². The summed E-state index contributed by atoms with van der Waals surface area (Å²) in [6, 6.07) is 19.5. The molecule has 3 aromatic rings. The second-order valence-electron chi connectivity index (χ2n) is 7.93. The number of rotatable bonds is 6. The van der Waals surface area contributed by atoms with Crippen LogP contribution in [0, 0.1) is 6.92 Å². The van der Waals surface area contributed by atoms with Crippen molar-refractivity contribution in [3.05, 3.63) is 94.2 Å². The summed E-state index contributed by atoms with van der Waals surface area (Å²) in [6.45, 7) is 6.58. The van der Waals surface area contributed by atoms with Gasteiger partial charge in [0.05, 0.1) is 12.7 Å². The van der Waals surface area contributed by atoms with E-state index in [1.807, 2.05) is 49.4 Å². The number of Topliss-reactive ketones (excluding diaryl/α,β-unsaturated/α-hetero) is 1. The van der Waals surface area contributed by atoms with Gasteiger partial charge in [-0.1, -0.05) is 56.3 Å². The molecule has 4 rings (SSSR count). The number of hydrogen-bond donors (Lipinski definition) is 0. The lowest BCUT2D eigenvalue weighted by Gasteiger charge is -2.13. The van der Waals surface area contributed by atoms with Crippen LogP contribution in [-0.4, -0.2) is 12.9 Å². The second kappa shape index (κ2) is 8.68. The third kappa shape index (κ3) is 4.19. The number of para-hydroxylation sites is 1. The van der Waals surface area contributed by atoms with Crippen molar-refractivity contribution in [2.45, 2.75) is 33.3 Å². The van der Waals surface area contributed by atoms with Crippen LogP contribution in [0.5, 0.6) is 17.2 Å². The molecule has 0 aliphatic carbocycles. The van der Waals surface area contributed by atoms with Crippen LogP contribution in [0.1, 0.15) is 52.4 Å². The predicted octanol–water partition coefficient (Wildman–Crippen LogP) is 6.32. The van der Waals surface area contributed by atoms with Crippen LogP contribution in [0.4, 0.5) is 0 Å². The van der Waals surface area contributed by atoms with Crippen LogP contribution in [-0.2, 0) is 6.61 Å². The Morgan fingerprint density at radius 2 is 1.71 bits per heavy atom. The van der Waals surface area contributed by atoms with Gasteiger partial charge in [0, 0.05) is 11.1 Å². The van der Waals surface area contributed by atoms with E-state index in [0.717, 1.165) is 22.4 Å². The Hall–Kier alpha value is -3.53. The minimum atomic E-state index is -0.109. The number of carbonyl (C=O) groups excluding carboxylic acids is 1. The van der Waals surface area contributed by atoms with E-state index >= 15 is 0 Å². The molecular weight excluding hydrogens is 388 g/mol. The Kier molecular flexibility index (Phi) is 5.81. The molecule has 0 saturated carbocycles. The molecule has 1 aliphatic rings. The average Bonchev–Trinajstić information content (AvgIpc) is 3.10. The van der Waals surface area contributed by atoms with Crippen molar-refractivity contribution >= 4 is 11.9 Å². The molecule has 158 valence electrons. The van der Waals surface area contributed by atoms with Crippen molar-refractivity contribution in [2.24, 2.45) is 0 Å². The number of allylic oxidation sites excluding steroid dienone is 1. The van der Waals surface area contributed by atoms with Crippen molar-refractivity contribution in [3.63, 3.8) is 0 Å². The fraction of sp³-hybridized carbons (Fsp3) is 0.222. The summed E-state index contributed by atoms with van der Waals surface area (Å²) in [4.78, 5) is 12.9. The summed E-state index contributed by atoms with van der Waals surface area (Å²) < 4.78 is 17.4. The molecule has 0 aromatic heterocycles. The standard InChI is InChI=1S/C27H26O4/c1-17(2)20-11-9-19(10-12-20)15-25-26(28)22-13-14-23(18(3)27(22)31-25)30-16-21-7-5-6-8-24(21)29-4/h5-15,17H,16H2,1-4H3/b25-15-. The molecule has 4 heteroatoms. The van der Waals surface area contributed by atoms with Gasteiger partial charge < -0.3 is 14.2 Å². The van der Waals surface area contributed by atoms with E-state index in [4.69, 9.17) is 14.2 Å². The van der Waals surface area contributed by atoms with Gasteiger partial charge in [-0.25, -0.2) is 0 Å². The van der Waals surface area contributed by atoms with Crippen LogP contribution >= 0.6 is 0 Å². The van der Waals surface area contributed by atoms with E-state index in [-0.39, 0.29) is 5.78 Å². The van der Waals surface area contributed by atoms with E-state index < -0.39 is 0 Å².